The van der Waals surface area contributed by atoms with E-state index in [0.717, 1.165) is 23.7 Å². The van der Waals surface area contributed by atoms with Crippen molar-refractivity contribution in [3.63, 3.8) is 0 Å². The number of halogens is 1. The van der Waals surface area contributed by atoms with Crippen LogP contribution in [0.15, 0.2) is 33.9 Å². The highest BCUT2D eigenvalue weighted by molar-refractivity contribution is 7.99. The molecule has 25 heavy (non-hydrogen) atoms. The lowest BCUT2D eigenvalue weighted by Crippen LogP contribution is -2.48. The van der Waals surface area contributed by atoms with E-state index in [4.69, 9.17) is 21.8 Å². The third-order valence-corrected chi connectivity index (χ3v) is 4.73. The molecule has 0 aliphatic heterocycles. The highest BCUT2D eigenvalue weighted by atomic mass is 35.5. The zero-order valence-corrected chi connectivity index (χ0v) is 15.4. The first-order chi connectivity index (χ1) is 11.9. The molecule has 0 saturated heterocycles. The van der Waals surface area contributed by atoms with Gasteiger partial charge in [0.05, 0.1) is 5.75 Å². The van der Waals surface area contributed by atoms with Crippen LogP contribution in [0.4, 0.5) is 0 Å². The lowest BCUT2D eigenvalue weighted by atomic mass is 9.99. The monoisotopic (exact) mass is 382 g/mol. The van der Waals surface area contributed by atoms with Crippen LogP contribution in [-0.2, 0) is 9.59 Å². The standard InChI is InChI=1S/C16H19ClN4O3S/c1-3-9(2)13(14(18)23)19-12(22)8-25-16-21-20-15(24-16)10-4-6-11(17)7-5-10/h4-7,9,13H,3,8H2,1-2H3,(H2,18,23)(H,19,22). The van der Waals surface area contributed by atoms with Crippen molar-refractivity contribution in [2.75, 3.05) is 5.75 Å². The summed E-state index contributed by atoms with van der Waals surface area (Å²) < 4.78 is 5.51. The van der Waals surface area contributed by atoms with Gasteiger partial charge >= 0.3 is 0 Å². The number of nitrogens with one attached hydrogen (secondary N) is 1. The summed E-state index contributed by atoms with van der Waals surface area (Å²) in [5.74, 6) is -0.515. The van der Waals surface area contributed by atoms with Crippen LogP contribution in [0.3, 0.4) is 0 Å². The van der Waals surface area contributed by atoms with Crippen LogP contribution in [0.5, 0.6) is 0 Å². The second-order valence-corrected chi connectivity index (χ2v) is 6.86. The molecular formula is C16H19ClN4O3S. The van der Waals surface area contributed by atoms with Gasteiger partial charge < -0.3 is 15.5 Å². The molecule has 1 aromatic carbocycles. The number of hydrogen-bond donors (Lipinski definition) is 2. The maximum absolute atomic E-state index is 12.0. The minimum atomic E-state index is -0.689. The van der Waals surface area contributed by atoms with Gasteiger partial charge in [-0.25, -0.2) is 0 Å². The number of carbonyl (C=O) groups is 2. The average Bonchev–Trinajstić information content (AvgIpc) is 3.06. The molecule has 9 heteroatoms. The van der Waals surface area contributed by atoms with Gasteiger partial charge in [0.25, 0.3) is 5.22 Å². The van der Waals surface area contributed by atoms with Gasteiger partial charge in [-0.1, -0.05) is 43.6 Å². The molecule has 1 heterocycles. The molecular weight excluding hydrogens is 364 g/mol. The summed E-state index contributed by atoms with van der Waals surface area (Å²) in [7, 11) is 0. The van der Waals surface area contributed by atoms with Crippen molar-refractivity contribution in [1.82, 2.24) is 15.5 Å². The number of amides is 2. The van der Waals surface area contributed by atoms with Gasteiger partial charge in [0.2, 0.25) is 17.7 Å². The van der Waals surface area contributed by atoms with E-state index >= 15 is 0 Å². The van der Waals surface area contributed by atoms with E-state index in [1.165, 1.54) is 0 Å². The normalized spacial score (nSPS) is 13.2. The summed E-state index contributed by atoms with van der Waals surface area (Å²) >= 11 is 6.93. The van der Waals surface area contributed by atoms with Crippen molar-refractivity contribution in [3.05, 3.63) is 29.3 Å². The van der Waals surface area contributed by atoms with Crippen LogP contribution >= 0.6 is 23.4 Å². The van der Waals surface area contributed by atoms with E-state index in [1.807, 2.05) is 13.8 Å². The number of aromatic nitrogens is 2. The predicted octanol–water partition coefficient (Wildman–Crippen LogP) is 2.50. The fourth-order valence-corrected chi connectivity index (χ4v) is 2.75. The SMILES string of the molecule is CCC(C)C(NC(=O)CSc1nnc(-c2ccc(Cl)cc2)o1)C(N)=O. The van der Waals surface area contributed by atoms with Crippen LogP contribution in [0.25, 0.3) is 11.5 Å². The third-order valence-electron chi connectivity index (χ3n) is 3.66. The molecule has 0 fully saturated rings. The average molecular weight is 383 g/mol. The first-order valence-corrected chi connectivity index (χ1v) is 9.08. The van der Waals surface area contributed by atoms with Crippen molar-refractivity contribution in [2.24, 2.45) is 11.7 Å². The van der Waals surface area contributed by atoms with Gasteiger partial charge in [0.1, 0.15) is 6.04 Å². The zero-order chi connectivity index (χ0) is 18.4. The van der Waals surface area contributed by atoms with E-state index in [2.05, 4.69) is 15.5 Å². The molecule has 0 radical (unpaired) electrons. The smallest absolute Gasteiger partial charge is 0.277 e. The molecule has 0 bridgehead atoms. The third kappa shape index (κ3) is 5.47. The van der Waals surface area contributed by atoms with Crippen molar-refractivity contribution in [1.29, 1.82) is 0 Å². The molecule has 0 aliphatic carbocycles. The van der Waals surface area contributed by atoms with Gasteiger partial charge in [-0.3, -0.25) is 9.59 Å². The van der Waals surface area contributed by atoms with Crippen LogP contribution in [0.1, 0.15) is 20.3 Å². The number of nitrogens with two attached hydrogens (primary N) is 1. The second-order valence-electron chi connectivity index (χ2n) is 5.50. The molecule has 2 rings (SSSR count). The maximum Gasteiger partial charge on any atom is 0.277 e. The molecule has 3 N–H and O–H groups in total. The Hall–Kier alpha value is -2.06. The van der Waals surface area contributed by atoms with Crippen molar-refractivity contribution in [2.45, 2.75) is 31.5 Å². The minimum absolute atomic E-state index is 0.0358. The summed E-state index contributed by atoms with van der Waals surface area (Å²) in [5.41, 5.74) is 6.07. The van der Waals surface area contributed by atoms with Gasteiger partial charge in [0, 0.05) is 10.6 Å². The summed E-state index contributed by atoms with van der Waals surface area (Å²) in [4.78, 5) is 23.5. The van der Waals surface area contributed by atoms with Gasteiger partial charge in [-0.15, -0.1) is 10.2 Å². The highest BCUT2D eigenvalue weighted by Crippen LogP contribution is 2.24. The molecule has 0 aliphatic rings. The van der Waals surface area contributed by atoms with Crippen molar-refractivity contribution < 1.29 is 14.0 Å². The van der Waals surface area contributed by atoms with E-state index in [9.17, 15) is 9.59 Å². The van der Waals surface area contributed by atoms with Gasteiger partial charge in [-0.2, -0.15) is 0 Å². The van der Waals surface area contributed by atoms with E-state index in [0.29, 0.717) is 10.9 Å². The van der Waals surface area contributed by atoms with E-state index < -0.39 is 11.9 Å². The Morgan fingerprint density at radius 3 is 2.60 bits per heavy atom. The first kappa shape index (κ1) is 19.3. The number of benzene rings is 1. The van der Waals surface area contributed by atoms with Crippen molar-refractivity contribution >= 4 is 35.2 Å². The number of rotatable bonds is 8. The first-order valence-electron chi connectivity index (χ1n) is 7.71. The van der Waals surface area contributed by atoms with Gasteiger partial charge in [-0.05, 0) is 30.2 Å². The molecule has 2 amide bonds. The molecule has 134 valence electrons. The number of hydrogen-bond acceptors (Lipinski definition) is 6. The summed E-state index contributed by atoms with van der Waals surface area (Å²) in [6, 6.07) is 6.28. The lowest BCUT2D eigenvalue weighted by Gasteiger charge is -2.20. The van der Waals surface area contributed by atoms with Crippen LogP contribution in [-0.4, -0.2) is 33.8 Å². The minimum Gasteiger partial charge on any atom is -0.411 e. The van der Waals surface area contributed by atoms with Crippen LogP contribution in [0, 0.1) is 5.92 Å². The summed E-state index contributed by atoms with van der Waals surface area (Å²) in [5, 5.41) is 11.3. The largest absolute Gasteiger partial charge is 0.411 e. The summed E-state index contributed by atoms with van der Waals surface area (Å²) in [6.45, 7) is 3.79. The molecule has 7 nitrogen and oxygen atoms in total. The van der Waals surface area contributed by atoms with Crippen LogP contribution in [0.2, 0.25) is 5.02 Å². The highest BCUT2D eigenvalue weighted by Gasteiger charge is 2.23. The Balaban J connectivity index is 1.92. The number of nitrogens with zero attached hydrogens (tertiary/aromatic N) is 2. The Morgan fingerprint density at radius 1 is 1.32 bits per heavy atom. The number of primary amides is 1. The summed E-state index contributed by atoms with van der Waals surface area (Å²) in [6.07, 6.45) is 0.731. The molecule has 1 aromatic heterocycles. The van der Waals surface area contributed by atoms with Crippen molar-refractivity contribution in [3.8, 4) is 11.5 Å². The Bertz CT molecular complexity index is 735. The Labute approximate surface area is 154 Å². The lowest BCUT2D eigenvalue weighted by molar-refractivity contribution is -0.127. The molecule has 2 aromatic rings. The quantitative estimate of drug-likeness (QED) is 0.678. The second kappa shape index (κ2) is 8.87. The number of carbonyl (C=O) groups excluding carboxylic acids is 2. The van der Waals surface area contributed by atoms with Gasteiger partial charge in [0.15, 0.2) is 0 Å². The maximum atomic E-state index is 12.0. The molecule has 0 spiro atoms. The predicted molar refractivity (Wildman–Crippen MR) is 96.0 cm³/mol. The molecule has 2 atom stereocenters. The molecule has 2 unspecified atom stereocenters. The Kier molecular flexibility index (Phi) is 6.83. The Morgan fingerprint density at radius 2 is 2.00 bits per heavy atom. The van der Waals surface area contributed by atoms with E-state index in [1.54, 1.807) is 24.3 Å². The van der Waals surface area contributed by atoms with E-state index in [-0.39, 0.29) is 22.8 Å². The number of thioether (sulfide) groups is 1. The topological polar surface area (TPSA) is 111 Å². The van der Waals surface area contributed by atoms with Crippen LogP contribution < -0.4 is 11.1 Å². The molecule has 0 saturated carbocycles. The fourth-order valence-electron chi connectivity index (χ4n) is 2.05. The zero-order valence-electron chi connectivity index (χ0n) is 13.9. The fraction of sp³-hybridized carbons (Fsp3) is 0.375.